The average Bonchev–Trinajstić information content (AvgIpc) is 3.20. The van der Waals surface area contributed by atoms with Gasteiger partial charge in [0.1, 0.15) is 11.4 Å². The average molecular weight is 395 g/mol. The van der Waals surface area contributed by atoms with E-state index < -0.39 is 0 Å². The summed E-state index contributed by atoms with van der Waals surface area (Å²) in [5.41, 5.74) is 2.27. The van der Waals surface area contributed by atoms with Crippen LogP contribution in [0.25, 0.3) is 0 Å². The first-order valence-corrected chi connectivity index (χ1v) is 11.0. The molecule has 3 aliphatic rings. The van der Waals surface area contributed by atoms with Gasteiger partial charge in [-0.3, -0.25) is 9.69 Å². The van der Waals surface area contributed by atoms with Crippen molar-refractivity contribution in [2.75, 3.05) is 13.1 Å². The number of furan rings is 1. The second-order valence-corrected chi connectivity index (χ2v) is 9.03. The minimum Gasteiger partial charge on any atom is -0.487 e. The van der Waals surface area contributed by atoms with E-state index >= 15 is 0 Å². The maximum Gasteiger partial charge on any atom is 0.220 e. The van der Waals surface area contributed by atoms with Crippen molar-refractivity contribution in [3.05, 3.63) is 54.0 Å². The third-order valence-corrected chi connectivity index (χ3v) is 6.96. The van der Waals surface area contributed by atoms with Crippen LogP contribution >= 0.6 is 0 Å². The first-order valence-electron chi connectivity index (χ1n) is 11.0. The maximum absolute atomic E-state index is 12.7. The summed E-state index contributed by atoms with van der Waals surface area (Å²) in [5, 5.41) is 3.22. The first kappa shape index (κ1) is 18.7. The van der Waals surface area contributed by atoms with Crippen molar-refractivity contribution >= 4 is 5.91 Å². The molecule has 0 radical (unpaired) electrons. The highest BCUT2D eigenvalue weighted by Crippen LogP contribution is 2.46. The normalized spacial score (nSPS) is 23.8. The summed E-state index contributed by atoms with van der Waals surface area (Å²) in [7, 11) is 0. The van der Waals surface area contributed by atoms with Crippen molar-refractivity contribution in [3.8, 4) is 5.75 Å². The van der Waals surface area contributed by atoms with Crippen LogP contribution in [0.15, 0.2) is 47.3 Å². The largest absolute Gasteiger partial charge is 0.487 e. The summed E-state index contributed by atoms with van der Waals surface area (Å²) in [5.74, 6) is 1.41. The molecule has 0 unspecified atom stereocenters. The Hall–Kier alpha value is -2.27. The zero-order valence-electron chi connectivity index (χ0n) is 16.9. The molecule has 2 aromatic rings. The molecule has 1 spiro atoms. The third kappa shape index (κ3) is 4.06. The van der Waals surface area contributed by atoms with Gasteiger partial charge in [-0.15, -0.1) is 0 Å². The number of hydrogen-bond donors (Lipinski definition) is 1. The third-order valence-electron chi connectivity index (χ3n) is 6.96. The number of likely N-dealkylation sites (tertiary alicyclic amines) is 1. The molecule has 0 bridgehead atoms. The lowest BCUT2D eigenvalue weighted by Crippen LogP contribution is -2.50. The highest BCUT2D eigenvalue weighted by Gasteiger charge is 2.43. The number of para-hydroxylation sites is 1. The maximum atomic E-state index is 12.7. The summed E-state index contributed by atoms with van der Waals surface area (Å²) >= 11 is 0. The second-order valence-electron chi connectivity index (χ2n) is 9.03. The summed E-state index contributed by atoms with van der Waals surface area (Å²) in [6.45, 7) is 2.94. The summed E-state index contributed by atoms with van der Waals surface area (Å²) in [6.07, 6.45) is 10.6. The number of carbonyl (C=O) groups excluding carboxylic acids is 1. The predicted octanol–water partition coefficient (Wildman–Crippen LogP) is 4.24. The number of benzene rings is 1. The van der Waals surface area contributed by atoms with Crippen LogP contribution in [0.3, 0.4) is 0 Å². The Morgan fingerprint density at radius 2 is 2.00 bits per heavy atom. The Kier molecular flexibility index (Phi) is 5.08. The number of fused-ring (bicyclic) bond motifs is 1. The van der Waals surface area contributed by atoms with E-state index in [0.29, 0.717) is 12.5 Å². The Labute approximate surface area is 172 Å². The molecule has 1 saturated heterocycles. The minimum atomic E-state index is -0.150. The topological polar surface area (TPSA) is 54.7 Å². The van der Waals surface area contributed by atoms with Crippen LogP contribution in [-0.2, 0) is 11.3 Å². The lowest BCUT2D eigenvalue weighted by atomic mass is 9.76. The van der Waals surface area contributed by atoms with Crippen molar-refractivity contribution < 1.29 is 13.9 Å². The van der Waals surface area contributed by atoms with Crippen molar-refractivity contribution in [2.24, 2.45) is 0 Å². The molecule has 1 N–H and O–H groups in total. The molecule has 3 heterocycles. The van der Waals surface area contributed by atoms with Crippen molar-refractivity contribution in [1.82, 2.24) is 10.2 Å². The molecule has 5 nitrogen and oxygen atoms in total. The SMILES string of the molecule is O=C(C[C@@H]1CC2(CCN(Cc3ccoc3)CC2)Oc2ccccc21)NC1CCC1. The van der Waals surface area contributed by atoms with Crippen LogP contribution in [0, 0.1) is 0 Å². The molecule has 1 saturated carbocycles. The van der Waals surface area contributed by atoms with E-state index in [1.54, 1.807) is 6.26 Å². The summed E-state index contributed by atoms with van der Waals surface area (Å²) in [4.78, 5) is 15.1. The van der Waals surface area contributed by atoms with Gasteiger partial charge in [0.05, 0.1) is 12.5 Å². The minimum absolute atomic E-state index is 0.150. The fourth-order valence-electron chi connectivity index (χ4n) is 5.06. The number of nitrogens with one attached hydrogen (secondary N) is 1. The van der Waals surface area contributed by atoms with Gasteiger partial charge in [-0.2, -0.15) is 0 Å². The van der Waals surface area contributed by atoms with Crippen LogP contribution < -0.4 is 10.1 Å². The molecule has 2 aliphatic heterocycles. The molecule has 5 rings (SSSR count). The fourth-order valence-corrected chi connectivity index (χ4v) is 5.06. The van der Waals surface area contributed by atoms with Gasteiger partial charge >= 0.3 is 0 Å². The van der Waals surface area contributed by atoms with E-state index in [1.165, 1.54) is 17.5 Å². The Balaban J connectivity index is 1.27. The Bertz CT molecular complexity index is 836. The number of nitrogens with zero attached hydrogens (tertiary/aromatic N) is 1. The number of ether oxygens (including phenoxy) is 1. The Morgan fingerprint density at radius 3 is 2.72 bits per heavy atom. The highest BCUT2D eigenvalue weighted by atomic mass is 16.5. The van der Waals surface area contributed by atoms with Crippen LogP contribution in [0.1, 0.15) is 62.0 Å². The van der Waals surface area contributed by atoms with Crippen LogP contribution in [0.4, 0.5) is 0 Å². The molecule has 1 atom stereocenters. The molecule has 154 valence electrons. The fraction of sp³-hybridized carbons (Fsp3) is 0.542. The monoisotopic (exact) mass is 394 g/mol. The predicted molar refractivity (Wildman–Crippen MR) is 111 cm³/mol. The molecule has 2 fully saturated rings. The number of hydrogen-bond acceptors (Lipinski definition) is 4. The number of amides is 1. The summed E-state index contributed by atoms with van der Waals surface area (Å²) in [6, 6.07) is 10.7. The molecular weight excluding hydrogens is 364 g/mol. The number of piperidine rings is 1. The van der Waals surface area contributed by atoms with Gasteiger partial charge in [-0.1, -0.05) is 18.2 Å². The molecule has 1 aromatic carbocycles. The van der Waals surface area contributed by atoms with E-state index in [1.807, 2.05) is 18.4 Å². The molecular formula is C24H30N2O3. The second kappa shape index (κ2) is 7.86. The van der Waals surface area contributed by atoms with Crippen molar-refractivity contribution in [1.29, 1.82) is 0 Å². The van der Waals surface area contributed by atoms with Gasteiger partial charge < -0.3 is 14.5 Å². The smallest absolute Gasteiger partial charge is 0.220 e. The van der Waals surface area contributed by atoms with Gasteiger partial charge in [0.25, 0.3) is 0 Å². The van der Waals surface area contributed by atoms with Gasteiger partial charge in [0, 0.05) is 43.6 Å². The Morgan fingerprint density at radius 1 is 1.17 bits per heavy atom. The quantitative estimate of drug-likeness (QED) is 0.824. The van der Waals surface area contributed by atoms with Crippen LogP contribution in [0.5, 0.6) is 5.75 Å². The van der Waals surface area contributed by atoms with Gasteiger partial charge in [0.15, 0.2) is 0 Å². The van der Waals surface area contributed by atoms with Gasteiger partial charge in [0.2, 0.25) is 5.91 Å². The van der Waals surface area contributed by atoms with Gasteiger partial charge in [-0.05, 0) is 56.2 Å². The number of rotatable bonds is 5. The lowest BCUT2D eigenvalue weighted by molar-refractivity contribution is -0.123. The molecule has 1 aliphatic carbocycles. The lowest BCUT2D eigenvalue weighted by Gasteiger charge is -2.47. The van der Waals surface area contributed by atoms with E-state index in [0.717, 1.165) is 57.5 Å². The molecule has 29 heavy (non-hydrogen) atoms. The zero-order chi connectivity index (χ0) is 19.7. The summed E-state index contributed by atoms with van der Waals surface area (Å²) < 4.78 is 11.8. The van der Waals surface area contributed by atoms with Crippen molar-refractivity contribution in [3.63, 3.8) is 0 Å². The standard InChI is InChI=1S/C24H30N2O3/c27-23(25-20-4-3-5-20)14-19-15-24(29-22-7-2-1-6-21(19)22)9-11-26(12-10-24)16-18-8-13-28-17-18/h1-2,6-8,13,17,19-20H,3-5,9-12,14-16H2,(H,25,27)/t19-/m1/s1. The van der Waals surface area contributed by atoms with E-state index in [-0.39, 0.29) is 17.4 Å². The zero-order valence-corrected chi connectivity index (χ0v) is 16.9. The van der Waals surface area contributed by atoms with Crippen molar-refractivity contribution in [2.45, 2.75) is 69.1 Å². The molecule has 5 heteroatoms. The number of carbonyl (C=O) groups is 1. The van der Waals surface area contributed by atoms with E-state index in [9.17, 15) is 4.79 Å². The van der Waals surface area contributed by atoms with E-state index in [4.69, 9.17) is 9.15 Å². The van der Waals surface area contributed by atoms with E-state index in [2.05, 4.69) is 28.4 Å². The molecule has 1 amide bonds. The molecule has 1 aromatic heterocycles. The first-order chi connectivity index (χ1) is 14.2. The van der Waals surface area contributed by atoms with Crippen LogP contribution in [0.2, 0.25) is 0 Å². The highest BCUT2D eigenvalue weighted by molar-refractivity contribution is 5.77. The van der Waals surface area contributed by atoms with Crippen LogP contribution in [-0.4, -0.2) is 35.5 Å². The van der Waals surface area contributed by atoms with Gasteiger partial charge in [-0.25, -0.2) is 0 Å².